The third kappa shape index (κ3) is 3.63. The first-order valence-electron chi connectivity index (χ1n) is 8.24. The van der Waals surface area contributed by atoms with E-state index in [0.29, 0.717) is 6.04 Å². The van der Waals surface area contributed by atoms with Crippen LogP contribution in [0, 0.1) is 31.6 Å². The van der Waals surface area contributed by atoms with Crippen LogP contribution in [-0.4, -0.2) is 13.1 Å². The van der Waals surface area contributed by atoms with Crippen LogP contribution < -0.4 is 5.32 Å². The summed E-state index contributed by atoms with van der Waals surface area (Å²) in [4.78, 5) is 0. The number of hydrogen-bond donors (Lipinski definition) is 1. The van der Waals surface area contributed by atoms with E-state index >= 15 is 0 Å². The molecule has 0 spiro atoms. The predicted octanol–water partition coefficient (Wildman–Crippen LogP) is 4.51. The maximum absolute atomic E-state index is 3.60. The second-order valence-corrected chi connectivity index (χ2v) is 7.06. The molecule has 1 aliphatic rings. The largest absolute Gasteiger partial charge is 0.316 e. The lowest BCUT2D eigenvalue weighted by atomic mass is 9.72. The zero-order valence-corrected chi connectivity index (χ0v) is 13.9. The fraction of sp³-hybridized carbons (Fsp3) is 0.684. The molecule has 0 radical (unpaired) electrons. The summed E-state index contributed by atoms with van der Waals surface area (Å²) >= 11 is 0. The van der Waals surface area contributed by atoms with Gasteiger partial charge < -0.3 is 5.32 Å². The van der Waals surface area contributed by atoms with Crippen LogP contribution in [0.5, 0.6) is 0 Å². The average molecular weight is 273 g/mol. The van der Waals surface area contributed by atoms with Gasteiger partial charge in [0.1, 0.15) is 0 Å². The molecule has 1 saturated carbocycles. The minimum absolute atomic E-state index is 0.630. The lowest BCUT2D eigenvalue weighted by Crippen LogP contribution is -2.39. The van der Waals surface area contributed by atoms with Crippen molar-refractivity contribution in [2.24, 2.45) is 17.8 Å². The molecule has 1 aromatic carbocycles. The van der Waals surface area contributed by atoms with Gasteiger partial charge in [-0.25, -0.2) is 0 Å². The molecule has 1 nitrogen and oxygen atoms in total. The van der Waals surface area contributed by atoms with Gasteiger partial charge in [-0.2, -0.15) is 0 Å². The van der Waals surface area contributed by atoms with E-state index < -0.39 is 0 Å². The molecule has 1 fully saturated rings. The fourth-order valence-corrected chi connectivity index (χ4v) is 3.72. The molecule has 0 saturated heterocycles. The van der Waals surface area contributed by atoms with Gasteiger partial charge in [-0.1, -0.05) is 44.0 Å². The van der Waals surface area contributed by atoms with E-state index in [9.17, 15) is 0 Å². The summed E-state index contributed by atoms with van der Waals surface area (Å²) in [6.07, 6.45) is 5.35. The Bertz CT molecular complexity index is 437. The number of likely N-dealkylation sites (N-methyl/N-ethyl adjacent to an activating group) is 1. The van der Waals surface area contributed by atoms with E-state index in [0.717, 1.165) is 17.8 Å². The quantitative estimate of drug-likeness (QED) is 0.851. The minimum atomic E-state index is 0.630. The van der Waals surface area contributed by atoms with Crippen molar-refractivity contribution in [1.29, 1.82) is 0 Å². The number of rotatable bonds is 4. The highest BCUT2D eigenvalue weighted by atomic mass is 14.9. The molecule has 1 aromatic rings. The molecule has 0 bridgehead atoms. The highest BCUT2D eigenvalue weighted by molar-refractivity contribution is 5.31. The van der Waals surface area contributed by atoms with Crippen molar-refractivity contribution in [3.8, 4) is 0 Å². The molecule has 4 unspecified atom stereocenters. The zero-order valence-electron chi connectivity index (χ0n) is 13.9. The van der Waals surface area contributed by atoms with E-state index in [1.54, 1.807) is 0 Å². The molecule has 112 valence electrons. The molecule has 0 aromatic heterocycles. The predicted molar refractivity (Wildman–Crippen MR) is 88.1 cm³/mol. The summed E-state index contributed by atoms with van der Waals surface area (Å²) in [5.41, 5.74) is 4.34. The van der Waals surface area contributed by atoms with Gasteiger partial charge in [0.25, 0.3) is 0 Å². The molecule has 0 heterocycles. The van der Waals surface area contributed by atoms with Crippen LogP contribution in [0.15, 0.2) is 18.2 Å². The maximum Gasteiger partial charge on any atom is 0.0133 e. The average Bonchev–Trinajstić information content (AvgIpc) is 2.43. The lowest BCUT2D eigenvalue weighted by molar-refractivity contribution is 0.173. The van der Waals surface area contributed by atoms with Gasteiger partial charge in [-0.3, -0.25) is 0 Å². The van der Waals surface area contributed by atoms with Gasteiger partial charge in [-0.05, 0) is 69.0 Å². The third-order valence-corrected chi connectivity index (χ3v) is 5.52. The van der Waals surface area contributed by atoms with Crippen LogP contribution in [0.3, 0.4) is 0 Å². The molecular formula is C19H31N. The smallest absolute Gasteiger partial charge is 0.0133 e. The van der Waals surface area contributed by atoms with Crippen molar-refractivity contribution in [3.05, 3.63) is 34.9 Å². The first kappa shape index (κ1) is 15.6. The SMILES string of the molecule is CNC(Cc1cc(C)ccc1C)C1CCC(C)C(C)C1. The third-order valence-electron chi connectivity index (χ3n) is 5.52. The Morgan fingerprint density at radius 3 is 2.55 bits per heavy atom. The van der Waals surface area contributed by atoms with Crippen molar-refractivity contribution < 1.29 is 0 Å². The molecule has 2 rings (SSSR count). The molecular weight excluding hydrogens is 242 g/mol. The Morgan fingerprint density at radius 2 is 1.90 bits per heavy atom. The summed E-state index contributed by atoms with van der Waals surface area (Å²) in [5, 5.41) is 3.60. The van der Waals surface area contributed by atoms with E-state index in [-0.39, 0.29) is 0 Å². The number of benzene rings is 1. The molecule has 1 aliphatic carbocycles. The Balaban J connectivity index is 2.07. The molecule has 1 N–H and O–H groups in total. The normalized spacial score (nSPS) is 28.4. The van der Waals surface area contributed by atoms with Crippen LogP contribution >= 0.6 is 0 Å². The second kappa shape index (κ2) is 6.76. The van der Waals surface area contributed by atoms with Gasteiger partial charge in [0.15, 0.2) is 0 Å². The number of aryl methyl sites for hydroxylation is 2. The van der Waals surface area contributed by atoms with E-state index in [4.69, 9.17) is 0 Å². The van der Waals surface area contributed by atoms with Crippen LogP contribution in [0.4, 0.5) is 0 Å². The van der Waals surface area contributed by atoms with Crippen molar-refractivity contribution in [3.63, 3.8) is 0 Å². The topological polar surface area (TPSA) is 12.0 Å². The van der Waals surface area contributed by atoms with Gasteiger partial charge >= 0.3 is 0 Å². The maximum atomic E-state index is 3.60. The Hall–Kier alpha value is -0.820. The highest BCUT2D eigenvalue weighted by Gasteiger charge is 2.29. The Morgan fingerprint density at radius 1 is 1.15 bits per heavy atom. The Labute approximate surface area is 125 Å². The van der Waals surface area contributed by atoms with Gasteiger partial charge in [0, 0.05) is 6.04 Å². The first-order chi connectivity index (χ1) is 9.51. The fourth-order valence-electron chi connectivity index (χ4n) is 3.72. The number of nitrogens with one attached hydrogen (secondary N) is 1. The summed E-state index contributed by atoms with van der Waals surface area (Å²) in [6.45, 7) is 9.29. The van der Waals surface area contributed by atoms with Gasteiger partial charge in [-0.15, -0.1) is 0 Å². The van der Waals surface area contributed by atoms with Crippen LogP contribution in [0.25, 0.3) is 0 Å². The van der Waals surface area contributed by atoms with Crippen molar-refractivity contribution >= 4 is 0 Å². The minimum Gasteiger partial charge on any atom is -0.316 e. The lowest BCUT2D eigenvalue weighted by Gasteiger charge is -2.37. The van der Waals surface area contributed by atoms with Crippen molar-refractivity contribution in [1.82, 2.24) is 5.32 Å². The van der Waals surface area contributed by atoms with E-state index in [2.05, 4.69) is 58.3 Å². The van der Waals surface area contributed by atoms with Gasteiger partial charge in [0.05, 0.1) is 0 Å². The summed E-state index contributed by atoms with van der Waals surface area (Å²) in [5.74, 6) is 2.62. The van der Waals surface area contributed by atoms with Crippen LogP contribution in [-0.2, 0) is 6.42 Å². The summed E-state index contributed by atoms with van der Waals surface area (Å²) in [6, 6.07) is 7.49. The zero-order chi connectivity index (χ0) is 14.7. The highest BCUT2D eigenvalue weighted by Crippen LogP contribution is 2.35. The van der Waals surface area contributed by atoms with Crippen LogP contribution in [0.1, 0.15) is 49.8 Å². The molecule has 0 amide bonds. The molecule has 4 atom stereocenters. The van der Waals surface area contributed by atoms with E-state index in [1.165, 1.54) is 42.4 Å². The first-order valence-corrected chi connectivity index (χ1v) is 8.24. The monoisotopic (exact) mass is 273 g/mol. The van der Waals surface area contributed by atoms with Gasteiger partial charge in [0.2, 0.25) is 0 Å². The standard InChI is InChI=1S/C19H31N/c1-13-6-7-15(3)18(10-13)12-19(20-5)17-9-8-14(2)16(4)11-17/h6-7,10,14,16-17,19-20H,8-9,11-12H2,1-5H3. The summed E-state index contributed by atoms with van der Waals surface area (Å²) in [7, 11) is 2.14. The summed E-state index contributed by atoms with van der Waals surface area (Å²) < 4.78 is 0. The molecule has 0 aliphatic heterocycles. The molecule has 1 heteroatoms. The number of hydrogen-bond acceptors (Lipinski definition) is 1. The molecule has 20 heavy (non-hydrogen) atoms. The van der Waals surface area contributed by atoms with E-state index in [1.807, 2.05) is 0 Å². The second-order valence-electron chi connectivity index (χ2n) is 7.06. The van der Waals surface area contributed by atoms with Crippen molar-refractivity contribution in [2.75, 3.05) is 7.05 Å². The van der Waals surface area contributed by atoms with Crippen molar-refractivity contribution in [2.45, 2.75) is 59.4 Å². The Kier molecular flexibility index (Phi) is 5.26. The van der Waals surface area contributed by atoms with Crippen LogP contribution in [0.2, 0.25) is 0 Å².